The van der Waals surface area contributed by atoms with Gasteiger partial charge < -0.3 is 9.64 Å². The molecule has 27 heavy (non-hydrogen) atoms. The molecule has 1 aromatic carbocycles. The van der Waals surface area contributed by atoms with Gasteiger partial charge in [-0.3, -0.25) is 14.5 Å². The summed E-state index contributed by atoms with van der Waals surface area (Å²) in [5.74, 6) is 0.692. The smallest absolute Gasteiger partial charge is 0.266 e. The summed E-state index contributed by atoms with van der Waals surface area (Å²) in [4.78, 5) is 30.3. The zero-order chi connectivity index (χ0) is 19.7. The Morgan fingerprint density at radius 1 is 1.30 bits per heavy atom. The minimum absolute atomic E-state index is 0.118. The van der Waals surface area contributed by atoms with E-state index in [1.807, 2.05) is 24.0 Å². The van der Waals surface area contributed by atoms with Crippen molar-refractivity contribution in [1.29, 1.82) is 0 Å². The van der Waals surface area contributed by atoms with Crippen LogP contribution in [0, 0.1) is 0 Å². The van der Waals surface area contributed by atoms with Crippen molar-refractivity contribution in [2.75, 3.05) is 18.6 Å². The molecule has 4 rings (SSSR count). The van der Waals surface area contributed by atoms with Gasteiger partial charge in [0.1, 0.15) is 10.1 Å². The fourth-order valence-electron chi connectivity index (χ4n) is 4.46. The lowest BCUT2D eigenvalue weighted by molar-refractivity contribution is -0.122. The molecule has 1 atom stereocenters. The number of nitrogens with zero attached hydrogens (tertiary/aromatic N) is 2. The lowest BCUT2D eigenvalue weighted by Gasteiger charge is -2.43. The van der Waals surface area contributed by atoms with E-state index >= 15 is 0 Å². The van der Waals surface area contributed by atoms with E-state index in [1.54, 1.807) is 12.0 Å². The average molecular weight is 403 g/mol. The first kappa shape index (κ1) is 18.5. The minimum Gasteiger partial charge on any atom is -0.497 e. The lowest BCUT2D eigenvalue weighted by atomic mass is 9.80. The number of methoxy groups -OCH3 is 1. The number of ether oxygens (including phenoxy) is 1. The summed E-state index contributed by atoms with van der Waals surface area (Å²) in [7, 11) is 1.62. The molecule has 3 heterocycles. The molecule has 0 N–H and O–H groups in total. The van der Waals surface area contributed by atoms with Crippen molar-refractivity contribution in [2.24, 2.45) is 0 Å². The van der Waals surface area contributed by atoms with Gasteiger partial charge >= 0.3 is 0 Å². The van der Waals surface area contributed by atoms with Gasteiger partial charge in [0, 0.05) is 17.6 Å². The third-order valence-corrected chi connectivity index (χ3v) is 7.04. The molecule has 0 unspecified atom stereocenters. The van der Waals surface area contributed by atoms with Crippen LogP contribution >= 0.6 is 24.0 Å². The molecule has 0 bridgehead atoms. The third kappa shape index (κ3) is 2.48. The zero-order valence-electron chi connectivity index (χ0n) is 16.1. The highest BCUT2D eigenvalue weighted by Crippen LogP contribution is 2.55. The molecule has 0 aliphatic carbocycles. The Morgan fingerprint density at radius 3 is 2.59 bits per heavy atom. The SMILES string of the molecule is CCN1C(=O)/C(=C2/C(=O)N3c4c2cc(OC)cc4[C@@H](C)CC3(C)C)SC1=S. The summed E-state index contributed by atoms with van der Waals surface area (Å²) in [6, 6.07) is 3.89. The second-order valence-electron chi connectivity index (χ2n) is 7.79. The maximum absolute atomic E-state index is 13.5. The number of rotatable bonds is 2. The normalized spacial score (nSPS) is 26.1. The van der Waals surface area contributed by atoms with Gasteiger partial charge in [-0.25, -0.2) is 0 Å². The van der Waals surface area contributed by atoms with Crippen molar-refractivity contribution < 1.29 is 14.3 Å². The van der Waals surface area contributed by atoms with Gasteiger partial charge in [-0.15, -0.1) is 0 Å². The van der Waals surface area contributed by atoms with Gasteiger partial charge in [0.25, 0.3) is 11.8 Å². The summed E-state index contributed by atoms with van der Waals surface area (Å²) >= 11 is 6.58. The number of thioether (sulfide) groups is 1. The Labute approximate surface area is 168 Å². The number of likely N-dealkylation sites (N-methyl/N-ethyl adjacent to an activating group) is 1. The van der Waals surface area contributed by atoms with Gasteiger partial charge in [-0.05, 0) is 50.8 Å². The standard InChI is InChI=1S/C20H22N2O3S2/c1-6-21-18(24)16(27-19(21)26)14-13-8-11(25-5)7-12-10(2)9-20(3,4)22(15(12)13)17(14)23/h7-8,10H,6,9H2,1-5H3/b16-14-/t10-/m0/s1. The van der Waals surface area contributed by atoms with E-state index in [0.29, 0.717) is 27.1 Å². The van der Waals surface area contributed by atoms with E-state index in [0.717, 1.165) is 23.2 Å². The van der Waals surface area contributed by atoms with E-state index in [4.69, 9.17) is 17.0 Å². The molecule has 5 nitrogen and oxygen atoms in total. The van der Waals surface area contributed by atoms with E-state index in [9.17, 15) is 9.59 Å². The Bertz CT molecular complexity index is 935. The number of carbonyl (C=O) groups excluding carboxylic acids is 2. The molecule has 1 saturated heterocycles. The van der Waals surface area contributed by atoms with E-state index < -0.39 is 0 Å². The van der Waals surface area contributed by atoms with Crippen LogP contribution in [0.1, 0.15) is 51.2 Å². The zero-order valence-corrected chi connectivity index (χ0v) is 17.7. The third-order valence-electron chi connectivity index (χ3n) is 5.59. The highest BCUT2D eigenvalue weighted by Gasteiger charge is 2.50. The van der Waals surface area contributed by atoms with Crippen molar-refractivity contribution in [3.63, 3.8) is 0 Å². The number of carbonyl (C=O) groups is 2. The molecule has 3 aliphatic rings. The molecule has 142 valence electrons. The molecule has 3 aliphatic heterocycles. The van der Waals surface area contributed by atoms with E-state index in [-0.39, 0.29) is 23.3 Å². The van der Waals surface area contributed by atoms with Crippen LogP contribution < -0.4 is 9.64 Å². The van der Waals surface area contributed by atoms with Gasteiger partial charge in [0.05, 0.1) is 23.3 Å². The van der Waals surface area contributed by atoms with Crippen molar-refractivity contribution in [3.05, 3.63) is 28.2 Å². The van der Waals surface area contributed by atoms with Gasteiger partial charge in [0.2, 0.25) is 0 Å². The quantitative estimate of drug-likeness (QED) is 0.554. The minimum atomic E-state index is -0.327. The Hall–Kier alpha value is -1.86. The molecule has 0 aromatic heterocycles. The van der Waals surface area contributed by atoms with Crippen molar-refractivity contribution >= 4 is 51.4 Å². The van der Waals surface area contributed by atoms with Crippen LogP contribution in [0.2, 0.25) is 0 Å². The number of amides is 2. The molecule has 7 heteroatoms. The van der Waals surface area contributed by atoms with Crippen molar-refractivity contribution in [2.45, 2.75) is 45.6 Å². The average Bonchev–Trinajstić information content (AvgIpc) is 3.05. The second-order valence-corrected chi connectivity index (χ2v) is 9.44. The monoisotopic (exact) mass is 402 g/mol. The molecular formula is C20H22N2O3S2. The van der Waals surface area contributed by atoms with Crippen LogP contribution in [0.4, 0.5) is 5.69 Å². The first-order valence-corrected chi connectivity index (χ1v) is 10.3. The highest BCUT2D eigenvalue weighted by atomic mass is 32.2. The van der Waals surface area contributed by atoms with Crippen molar-refractivity contribution in [1.82, 2.24) is 4.90 Å². The molecule has 0 saturated carbocycles. The van der Waals surface area contributed by atoms with Gasteiger partial charge in [-0.1, -0.05) is 30.9 Å². The summed E-state index contributed by atoms with van der Waals surface area (Å²) in [6.45, 7) is 8.72. The van der Waals surface area contributed by atoms with Gasteiger partial charge in [0.15, 0.2) is 0 Å². The van der Waals surface area contributed by atoms with Crippen LogP contribution in [0.25, 0.3) is 5.57 Å². The molecule has 1 aromatic rings. The topological polar surface area (TPSA) is 49.9 Å². The fraction of sp³-hybridized carbons (Fsp3) is 0.450. The van der Waals surface area contributed by atoms with Crippen LogP contribution in [0.5, 0.6) is 5.75 Å². The highest BCUT2D eigenvalue weighted by molar-refractivity contribution is 8.26. The van der Waals surface area contributed by atoms with Crippen LogP contribution in [0.3, 0.4) is 0 Å². The summed E-state index contributed by atoms with van der Waals surface area (Å²) in [5.41, 5.74) is 2.93. The molecule has 2 amide bonds. The Morgan fingerprint density at radius 2 is 2.00 bits per heavy atom. The predicted octanol–water partition coefficient (Wildman–Crippen LogP) is 3.92. The number of hydrogen-bond acceptors (Lipinski definition) is 5. The van der Waals surface area contributed by atoms with Crippen LogP contribution in [-0.4, -0.2) is 40.2 Å². The molecular weight excluding hydrogens is 380 g/mol. The number of thiocarbonyl (C=S) groups is 1. The Kier molecular flexibility index (Phi) is 4.16. The maximum Gasteiger partial charge on any atom is 0.266 e. The fourth-order valence-corrected chi connectivity index (χ4v) is 5.92. The summed E-state index contributed by atoms with van der Waals surface area (Å²) in [5, 5.41) is 0. The van der Waals surface area contributed by atoms with Crippen LogP contribution in [0.15, 0.2) is 17.0 Å². The summed E-state index contributed by atoms with van der Waals surface area (Å²) < 4.78 is 6.00. The largest absolute Gasteiger partial charge is 0.497 e. The number of anilines is 1. The second kappa shape index (κ2) is 6.07. The molecule has 0 spiro atoms. The van der Waals surface area contributed by atoms with Gasteiger partial charge in [-0.2, -0.15) is 0 Å². The summed E-state index contributed by atoms with van der Waals surface area (Å²) in [6.07, 6.45) is 0.849. The number of benzene rings is 1. The van der Waals surface area contributed by atoms with Crippen molar-refractivity contribution in [3.8, 4) is 5.75 Å². The lowest BCUT2D eigenvalue weighted by Crippen LogP contribution is -2.49. The van der Waals surface area contributed by atoms with E-state index in [2.05, 4.69) is 20.8 Å². The predicted molar refractivity (Wildman–Crippen MR) is 112 cm³/mol. The first-order chi connectivity index (χ1) is 12.7. The molecule has 0 radical (unpaired) electrons. The Balaban J connectivity index is 2.02. The first-order valence-electron chi connectivity index (χ1n) is 9.06. The number of hydrogen-bond donors (Lipinski definition) is 0. The maximum atomic E-state index is 13.5. The van der Waals surface area contributed by atoms with E-state index in [1.165, 1.54) is 11.8 Å². The van der Waals surface area contributed by atoms with Crippen LogP contribution in [-0.2, 0) is 9.59 Å². The molecule has 1 fully saturated rings.